The number of pyridine rings is 1. The number of benzene rings is 1. The first-order valence-electron chi connectivity index (χ1n) is 5.24. The fourth-order valence-electron chi connectivity index (χ4n) is 1.60. The minimum Gasteiger partial charge on any atom is -0.495 e. The van der Waals surface area contributed by atoms with Gasteiger partial charge in [0.1, 0.15) is 11.9 Å². The Labute approximate surface area is 122 Å². The summed E-state index contributed by atoms with van der Waals surface area (Å²) in [4.78, 5) is 4.04. The van der Waals surface area contributed by atoms with E-state index in [1.54, 1.807) is 25.6 Å². The van der Waals surface area contributed by atoms with Crippen LogP contribution in [0.25, 0.3) is 0 Å². The van der Waals surface area contributed by atoms with Crippen molar-refractivity contribution in [3.8, 4) is 5.75 Å². The molecule has 0 radical (unpaired) electrons. The Morgan fingerprint density at radius 2 is 2.00 bits per heavy atom. The molecule has 0 aliphatic rings. The number of methoxy groups -OCH3 is 1. The maximum absolute atomic E-state index is 10.4. The Balaban J connectivity index is 2.40. The van der Waals surface area contributed by atoms with Gasteiger partial charge in [-0.15, -0.1) is 0 Å². The highest BCUT2D eigenvalue weighted by Crippen LogP contribution is 2.31. The van der Waals surface area contributed by atoms with Gasteiger partial charge >= 0.3 is 0 Å². The zero-order valence-electron chi connectivity index (χ0n) is 9.60. The maximum Gasteiger partial charge on any atom is 0.137 e. The van der Waals surface area contributed by atoms with Crippen LogP contribution in [-0.2, 0) is 0 Å². The average Bonchev–Trinajstić information content (AvgIpc) is 2.41. The molecule has 1 N–H and O–H groups in total. The van der Waals surface area contributed by atoms with Gasteiger partial charge in [0, 0.05) is 26.3 Å². The summed E-state index contributed by atoms with van der Waals surface area (Å²) in [5.74, 6) is 0.623. The van der Waals surface area contributed by atoms with Gasteiger partial charge in [-0.05, 0) is 24.3 Å². The number of nitrogens with zero attached hydrogens (tertiary/aromatic N) is 1. The van der Waals surface area contributed by atoms with Gasteiger partial charge in [-0.25, -0.2) is 0 Å². The van der Waals surface area contributed by atoms with Crippen molar-refractivity contribution in [2.45, 2.75) is 6.10 Å². The number of halogens is 2. The molecule has 0 aliphatic carbocycles. The van der Waals surface area contributed by atoms with Gasteiger partial charge in [0.05, 0.1) is 13.3 Å². The van der Waals surface area contributed by atoms with Crippen molar-refractivity contribution >= 4 is 31.9 Å². The zero-order valence-corrected chi connectivity index (χ0v) is 12.8. The maximum atomic E-state index is 10.4. The summed E-state index contributed by atoms with van der Waals surface area (Å²) in [6.07, 6.45) is 2.48. The third-order valence-corrected chi connectivity index (χ3v) is 3.75. The molecular weight excluding hydrogens is 362 g/mol. The van der Waals surface area contributed by atoms with E-state index in [-0.39, 0.29) is 0 Å². The van der Waals surface area contributed by atoms with E-state index in [0.717, 1.165) is 14.5 Å². The minimum absolute atomic E-state index is 0.623. The van der Waals surface area contributed by atoms with Crippen LogP contribution in [0.5, 0.6) is 5.75 Å². The third-order valence-electron chi connectivity index (χ3n) is 2.54. The summed E-state index contributed by atoms with van der Waals surface area (Å²) in [7, 11) is 1.57. The van der Waals surface area contributed by atoms with Crippen molar-refractivity contribution in [2.24, 2.45) is 0 Å². The molecule has 0 saturated heterocycles. The molecule has 0 bridgehead atoms. The van der Waals surface area contributed by atoms with Crippen molar-refractivity contribution in [3.63, 3.8) is 0 Å². The van der Waals surface area contributed by atoms with E-state index >= 15 is 0 Å². The molecule has 0 amide bonds. The first kappa shape index (κ1) is 13.5. The molecule has 1 aromatic heterocycles. The highest BCUT2D eigenvalue weighted by Gasteiger charge is 2.15. The highest BCUT2D eigenvalue weighted by atomic mass is 79.9. The van der Waals surface area contributed by atoms with Crippen LogP contribution in [0.3, 0.4) is 0 Å². The molecule has 1 heterocycles. The van der Waals surface area contributed by atoms with Crippen LogP contribution in [0, 0.1) is 0 Å². The first-order valence-corrected chi connectivity index (χ1v) is 6.82. The van der Waals surface area contributed by atoms with Gasteiger partial charge in [0.2, 0.25) is 0 Å². The van der Waals surface area contributed by atoms with Crippen LogP contribution >= 0.6 is 31.9 Å². The van der Waals surface area contributed by atoms with E-state index in [4.69, 9.17) is 4.74 Å². The van der Waals surface area contributed by atoms with Crippen molar-refractivity contribution in [1.82, 2.24) is 4.98 Å². The molecule has 2 rings (SSSR count). The molecule has 18 heavy (non-hydrogen) atoms. The number of hydrogen-bond acceptors (Lipinski definition) is 3. The molecule has 3 nitrogen and oxygen atoms in total. The lowest BCUT2D eigenvalue weighted by molar-refractivity contribution is 0.218. The van der Waals surface area contributed by atoms with Gasteiger partial charge in [0.25, 0.3) is 0 Å². The third kappa shape index (κ3) is 2.91. The number of aliphatic hydroxyl groups is 1. The quantitative estimate of drug-likeness (QED) is 0.893. The lowest BCUT2D eigenvalue weighted by Gasteiger charge is -2.14. The molecule has 0 fully saturated rings. The van der Waals surface area contributed by atoms with Crippen molar-refractivity contribution in [1.29, 1.82) is 0 Å². The Morgan fingerprint density at radius 1 is 1.22 bits per heavy atom. The van der Waals surface area contributed by atoms with Gasteiger partial charge in [0.15, 0.2) is 0 Å². The fourth-order valence-corrected chi connectivity index (χ4v) is 2.44. The van der Waals surface area contributed by atoms with Crippen LogP contribution in [0.4, 0.5) is 0 Å². The number of ether oxygens (including phenoxy) is 1. The lowest BCUT2D eigenvalue weighted by atomic mass is 10.0. The van der Waals surface area contributed by atoms with Gasteiger partial charge in [-0.1, -0.05) is 31.9 Å². The second-order valence-electron chi connectivity index (χ2n) is 3.73. The summed E-state index contributed by atoms with van der Waals surface area (Å²) in [6.45, 7) is 0. The van der Waals surface area contributed by atoms with Crippen molar-refractivity contribution < 1.29 is 9.84 Å². The Kier molecular flexibility index (Phi) is 4.37. The molecule has 0 aliphatic heterocycles. The van der Waals surface area contributed by atoms with E-state index in [1.165, 1.54) is 0 Å². The van der Waals surface area contributed by atoms with Crippen LogP contribution in [0.15, 0.2) is 45.6 Å². The van der Waals surface area contributed by atoms with E-state index in [0.29, 0.717) is 11.3 Å². The van der Waals surface area contributed by atoms with Gasteiger partial charge < -0.3 is 9.84 Å². The standard InChI is InChI=1S/C13H11Br2NO2/c1-18-10-4-8(6-16-7-10)13(17)11-5-9(14)2-3-12(11)15/h2-7,13,17H,1H3. The minimum atomic E-state index is -0.750. The summed E-state index contributed by atoms with van der Waals surface area (Å²) in [5.41, 5.74) is 1.47. The average molecular weight is 373 g/mol. The second-order valence-corrected chi connectivity index (χ2v) is 5.50. The molecule has 2 aromatic rings. The molecule has 1 atom stereocenters. The molecule has 1 unspecified atom stereocenters. The molecular formula is C13H11Br2NO2. The van der Waals surface area contributed by atoms with E-state index in [1.807, 2.05) is 18.2 Å². The number of rotatable bonds is 3. The summed E-state index contributed by atoms with van der Waals surface area (Å²) in [6, 6.07) is 7.43. The van der Waals surface area contributed by atoms with Crippen LogP contribution in [-0.4, -0.2) is 17.2 Å². The number of aliphatic hydroxyl groups excluding tert-OH is 1. The molecule has 94 valence electrons. The topological polar surface area (TPSA) is 42.4 Å². The fraction of sp³-hybridized carbons (Fsp3) is 0.154. The molecule has 0 spiro atoms. The molecule has 5 heteroatoms. The largest absolute Gasteiger partial charge is 0.495 e. The Morgan fingerprint density at radius 3 is 2.72 bits per heavy atom. The van der Waals surface area contributed by atoms with Crippen molar-refractivity contribution in [2.75, 3.05) is 7.11 Å². The zero-order chi connectivity index (χ0) is 13.1. The van der Waals surface area contributed by atoms with Crippen LogP contribution in [0.1, 0.15) is 17.2 Å². The first-order chi connectivity index (χ1) is 8.61. The second kappa shape index (κ2) is 5.82. The van der Waals surface area contributed by atoms with Crippen LogP contribution in [0.2, 0.25) is 0 Å². The van der Waals surface area contributed by atoms with E-state index in [9.17, 15) is 5.11 Å². The normalized spacial score (nSPS) is 12.2. The van der Waals surface area contributed by atoms with E-state index < -0.39 is 6.10 Å². The van der Waals surface area contributed by atoms with E-state index in [2.05, 4.69) is 36.8 Å². The monoisotopic (exact) mass is 371 g/mol. The Hall–Kier alpha value is -0.910. The van der Waals surface area contributed by atoms with Gasteiger partial charge in [-0.3, -0.25) is 4.98 Å². The van der Waals surface area contributed by atoms with Crippen molar-refractivity contribution in [3.05, 3.63) is 56.7 Å². The van der Waals surface area contributed by atoms with Crippen LogP contribution < -0.4 is 4.74 Å². The predicted octanol–water partition coefficient (Wildman–Crippen LogP) is 3.70. The summed E-state index contributed by atoms with van der Waals surface area (Å²) in [5, 5.41) is 10.4. The summed E-state index contributed by atoms with van der Waals surface area (Å²) < 4.78 is 6.86. The molecule has 1 aromatic carbocycles. The SMILES string of the molecule is COc1cncc(C(O)c2cc(Br)ccc2Br)c1. The Bertz CT molecular complexity index is 560. The number of hydrogen-bond donors (Lipinski definition) is 1. The summed E-state index contributed by atoms with van der Waals surface area (Å²) >= 11 is 6.82. The smallest absolute Gasteiger partial charge is 0.137 e. The number of aromatic nitrogens is 1. The van der Waals surface area contributed by atoms with Gasteiger partial charge in [-0.2, -0.15) is 0 Å². The highest BCUT2D eigenvalue weighted by molar-refractivity contribution is 9.11. The lowest BCUT2D eigenvalue weighted by Crippen LogP contribution is -2.02. The predicted molar refractivity (Wildman–Crippen MR) is 76.7 cm³/mol. The molecule has 0 saturated carbocycles.